The number of carbonyl (C=O) groups is 1. The minimum atomic E-state index is -0.593. The summed E-state index contributed by atoms with van der Waals surface area (Å²) in [5.74, 6) is -0.252. The van der Waals surface area contributed by atoms with Crippen LogP contribution in [0.3, 0.4) is 0 Å². The summed E-state index contributed by atoms with van der Waals surface area (Å²) in [7, 11) is 2.12. The van der Waals surface area contributed by atoms with E-state index < -0.39 is 5.82 Å². The van der Waals surface area contributed by atoms with Crippen LogP contribution in [0.2, 0.25) is 10.0 Å². The summed E-state index contributed by atoms with van der Waals surface area (Å²) in [6.45, 7) is 7.41. The number of nitrogens with one attached hydrogen (secondary N) is 2. The number of nitrogens with zero attached hydrogens (tertiary/aromatic N) is 5. The summed E-state index contributed by atoms with van der Waals surface area (Å²) >= 11 is 13.2. The van der Waals surface area contributed by atoms with E-state index in [9.17, 15) is 14.0 Å². The Morgan fingerprint density at radius 2 is 1.80 bits per heavy atom. The van der Waals surface area contributed by atoms with E-state index in [1.807, 2.05) is 32.0 Å². The summed E-state index contributed by atoms with van der Waals surface area (Å²) in [6.07, 6.45) is 4.90. The highest BCUT2D eigenvalue weighted by Crippen LogP contribution is 2.36. The lowest BCUT2D eigenvalue weighted by Crippen LogP contribution is -2.44. The van der Waals surface area contributed by atoms with Gasteiger partial charge in [0.2, 0.25) is 11.9 Å². The fourth-order valence-electron chi connectivity index (χ4n) is 6.57. The Kier molecular flexibility index (Phi) is 9.49. The first-order chi connectivity index (χ1) is 22.1. The average molecular weight is 667 g/mol. The van der Waals surface area contributed by atoms with Crippen LogP contribution in [0.1, 0.15) is 50.6 Å². The fraction of sp³-hybridized carbons (Fsp3) is 0.412. The lowest BCUT2D eigenvalue weighted by molar-refractivity contribution is -0.121. The zero-order valence-electron chi connectivity index (χ0n) is 26.2. The van der Waals surface area contributed by atoms with Crippen molar-refractivity contribution < 1.29 is 9.18 Å². The molecule has 12 heteroatoms. The molecule has 46 heavy (non-hydrogen) atoms. The van der Waals surface area contributed by atoms with Crippen molar-refractivity contribution in [3.8, 4) is 11.1 Å². The molecule has 9 nitrogen and oxygen atoms in total. The number of hydrogen-bond acceptors (Lipinski definition) is 7. The van der Waals surface area contributed by atoms with Crippen LogP contribution in [-0.2, 0) is 4.79 Å². The van der Waals surface area contributed by atoms with Gasteiger partial charge in [-0.1, -0.05) is 42.3 Å². The molecular formula is C34H38Cl2FN7O2. The lowest BCUT2D eigenvalue weighted by Gasteiger charge is -2.34. The van der Waals surface area contributed by atoms with Gasteiger partial charge in [-0.25, -0.2) is 9.37 Å². The van der Waals surface area contributed by atoms with Gasteiger partial charge >= 0.3 is 0 Å². The first-order valence-corrected chi connectivity index (χ1v) is 16.6. The third-order valence-corrected chi connectivity index (χ3v) is 9.91. The molecule has 0 bridgehead atoms. The molecule has 1 aliphatic heterocycles. The Hall–Kier alpha value is -3.73. The molecule has 0 radical (unpaired) electrons. The first-order valence-electron chi connectivity index (χ1n) is 15.8. The van der Waals surface area contributed by atoms with Crippen molar-refractivity contribution in [1.29, 1.82) is 0 Å². The highest BCUT2D eigenvalue weighted by molar-refractivity contribution is 6.34. The fourth-order valence-corrected chi connectivity index (χ4v) is 7.09. The van der Waals surface area contributed by atoms with Crippen molar-refractivity contribution in [2.45, 2.75) is 58.0 Å². The van der Waals surface area contributed by atoms with E-state index in [-0.39, 0.29) is 28.6 Å². The van der Waals surface area contributed by atoms with Gasteiger partial charge in [-0.2, -0.15) is 4.98 Å². The van der Waals surface area contributed by atoms with Crippen molar-refractivity contribution in [3.05, 3.63) is 74.4 Å². The summed E-state index contributed by atoms with van der Waals surface area (Å²) < 4.78 is 16.3. The third kappa shape index (κ3) is 6.43. The minimum absolute atomic E-state index is 0.0181. The zero-order valence-corrected chi connectivity index (χ0v) is 27.8. The van der Waals surface area contributed by atoms with E-state index in [0.29, 0.717) is 58.0 Å². The van der Waals surface area contributed by atoms with Gasteiger partial charge in [0.15, 0.2) is 0 Å². The van der Waals surface area contributed by atoms with E-state index in [2.05, 4.69) is 32.5 Å². The molecule has 1 saturated carbocycles. The Balaban J connectivity index is 1.38. The van der Waals surface area contributed by atoms with Crippen LogP contribution in [0.4, 0.5) is 21.7 Å². The number of halogens is 3. The Morgan fingerprint density at radius 1 is 1.07 bits per heavy atom. The van der Waals surface area contributed by atoms with Crippen LogP contribution in [0.25, 0.3) is 22.2 Å². The maximum atomic E-state index is 14.6. The van der Waals surface area contributed by atoms with E-state index in [1.54, 1.807) is 22.9 Å². The molecule has 0 unspecified atom stereocenters. The van der Waals surface area contributed by atoms with Gasteiger partial charge in [0.1, 0.15) is 11.5 Å². The van der Waals surface area contributed by atoms with Gasteiger partial charge in [-0.05, 0) is 69.5 Å². The number of anilines is 3. The molecule has 3 heterocycles. The normalized spacial score (nSPS) is 19.0. The number of aromatic nitrogens is 3. The second-order valence-electron chi connectivity index (χ2n) is 12.2. The third-order valence-electron chi connectivity index (χ3n) is 9.23. The number of piperazine rings is 1. The number of hydrogen-bond donors (Lipinski definition) is 2. The highest BCUT2D eigenvalue weighted by atomic mass is 35.5. The zero-order chi connectivity index (χ0) is 32.5. The van der Waals surface area contributed by atoms with Crippen molar-refractivity contribution in [1.82, 2.24) is 24.8 Å². The van der Waals surface area contributed by atoms with Crippen LogP contribution in [-0.4, -0.2) is 64.6 Å². The molecule has 6 rings (SSSR count). The standard InChI is InChI=1S/C34H38Cl2FN7O2/c1-4-29(45)39-21-8-11-23(12-9-21)44-32-25(20(2)30(33(44)46)24-6-5-7-27(37)31(24)36)19-38-34(41-32)40-22-10-13-28(26(35)18-22)43-16-14-42(3)15-17-43/h5-7,10,13,18-19,21,23H,4,8-9,11-12,14-17H2,1-3H3,(H,39,45)(H,38,40,41). The summed E-state index contributed by atoms with van der Waals surface area (Å²) in [5, 5.41) is 7.56. The highest BCUT2D eigenvalue weighted by Gasteiger charge is 2.29. The van der Waals surface area contributed by atoms with Crippen molar-refractivity contribution in [2.24, 2.45) is 0 Å². The molecule has 0 atom stereocenters. The number of amides is 1. The monoisotopic (exact) mass is 665 g/mol. The summed E-state index contributed by atoms with van der Waals surface area (Å²) in [5.41, 5.74) is 3.19. The van der Waals surface area contributed by atoms with Crippen LogP contribution in [0.15, 0.2) is 47.4 Å². The number of likely N-dealkylation sites (N-methyl/N-ethyl adjacent to an activating group) is 1. The molecule has 4 aromatic rings. The predicted octanol–water partition coefficient (Wildman–Crippen LogP) is 6.72. The van der Waals surface area contributed by atoms with E-state index in [0.717, 1.165) is 50.4 Å². The lowest BCUT2D eigenvalue weighted by atomic mass is 9.90. The van der Waals surface area contributed by atoms with Crippen LogP contribution in [0.5, 0.6) is 0 Å². The molecule has 1 aliphatic carbocycles. The quantitative estimate of drug-likeness (QED) is 0.226. The molecule has 1 saturated heterocycles. The number of carbonyl (C=O) groups excluding carboxylic acids is 1. The van der Waals surface area contributed by atoms with Gasteiger partial charge in [-0.15, -0.1) is 0 Å². The summed E-state index contributed by atoms with van der Waals surface area (Å²) in [6, 6.07) is 10.2. The van der Waals surface area contributed by atoms with Gasteiger partial charge in [0.25, 0.3) is 5.56 Å². The van der Waals surface area contributed by atoms with Crippen molar-refractivity contribution >= 4 is 57.5 Å². The molecule has 2 N–H and O–H groups in total. The van der Waals surface area contributed by atoms with Gasteiger partial charge in [-0.3, -0.25) is 14.2 Å². The largest absolute Gasteiger partial charge is 0.368 e. The number of rotatable bonds is 7. The molecule has 2 aliphatic rings. The first kappa shape index (κ1) is 32.2. The van der Waals surface area contributed by atoms with E-state index in [4.69, 9.17) is 28.2 Å². The predicted molar refractivity (Wildman–Crippen MR) is 183 cm³/mol. The molecular weight excluding hydrogens is 628 g/mol. The SMILES string of the molecule is CCC(=O)NC1CCC(n2c(=O)c(-c3cccc(F)c3Cl)c(C)c3cnc(Nc4ccc(N5CCN(C)CC5)c(Cl)c4)nc32)CC1. The van der Waals surface area contributed by atoms with Crippen molar-refractivity contribution in [3.63, 3.8) is 0 Å². The number of benzene rings is 2. The molecule has 2 fully saturated rings. The van der Waals surface area contributed by atoms with Crippen molar-refractivity contribution in [2.75, 3.05) is 43.4 Å². The average Bonchev–Trinajstić information content (AvgIpc) is 3.04. The van der Waals surface area contributed by atoms with Crippen LogP contribution in [0, 0.1) is 12.7 Å². The topological polar surface area (TPSA) is 95.4 Å². The van der Waals surface area contributed by atoms with E-state index in [1.165, 1.54) is 6.07 Å². The number of pyridine rings is 1. The van der Waals surface area contributed by atoms with Gasteiger partial charge < -0.3 is 20.4 Å². The Morgan fingerprint density at radius 3 is 2.50 bits per heavy atom. The van der Waals surface area contributed by atoms with Gasteiger partial charge in [0, 0.05) is 67.5 Å². The molecule has 242 valence electrons. The maximum absolute atomic E-state index is 14.6. The second-order valence-corrected chi connectivity index (χ2v) is 13.0. The number of aryl methyl sites for hydroxylation is 1. The molecule has 2 aromatic carbocycles. The summed E-state index contributed by atoms with van der Waals surface area (Å²) in [4.78, 5) is 40.5. The molecule has 0 spiro atoms. The van der Waals surface area contributed by atoms with Gasteiger partial charge in [0.05, 0.1) is 21.3 Å². The maximum Gasteiger partial charge on any atom is 0.260 e. The smallest absolute Gasteiger partial charge is 0.260 e. The van der Waals surface area contributed by atoms with Crippen LogP contribution < -0.4 is 21.1 Å². The second kappa shape index (κ2) is 13.6. The van der Waals surface area contributed by atoms with E-state index >= 15 is 0 Å². The van der Waals surface area contributed by atoms with Crippen LogP contribution >= 0.6 is 23.2 Å². The Bertz CT molecular complexity index is 1830. The molecule has 2 aromatic heterocycles. The minimum Gasteiger partial charge on any atom is -0.368 e. The Labute approximate surface area is 277 Å². The number of fused-ring (bicyclic) bond motifs is 1. The molecule has 1 amide bonds.